The second-order valence-electron chi connectivity index (χ2n) is 5.37. The van der Waals surface area contributed by atoms with Crippen molar-refractivity contribution in [2.45, 2.75) is 44.4 Å². The van der Waals surface area contributed by atoms with Crippen LogP contribution in [0.4, 0.5) is 0 Å². The first-order valence-electron chi connectivity index (χ1n) is 6.63. The molecule has 112 valence electrons. The Kier molecular flexibility index (Phi) is 4.20. The Balaban J connectivity index is 2.26. The Labute approximate surface area is 123 Å². The lowest BCUT2D eigenvalue weighted by Gasteiger charge is -2.32. The van der Waals surface area contributed by atoms with Crippen molar-refractivity contribution in [3.8, 4) is 0 Å². The summed E-state index contributed by atoms with van der Waals surface area (Å²) < 4.78 is 23.1. The molecule has 0 N–H and O–H groups in total. The standard InChI is InChI=1S/C13H20N2O3S2/c1-8(20(4,17)18)13(16)15(3)11-7-5-6-10-12(11)19-9(2)14-10/h8,11H,5-7H2,1-4H3/t8-,11-/m0/s1. The SMILES string of the molecule is Cc1nc2c(s1)[C@@H](N(C)C(=O)[C@H](C)S(C)(=O)=O)CCC2. The summed E-state index contributed by atoms with van der Waals surface area (Å²) in [4.78, 5) is 19.5. The van der Waals surface area contributed by atoms with Crippen LogP contribution in [0.15, 0.2) is 0 Å². The number of amides is 1. The normalized spacial score (nSPS) is 20.3. The number of aromatic nitrogens is 1. The van der Waals surface area contributed by atoms with Crippen molar-refractivity contribution in [2.75, 3.05) is 13.3 Å². The second-order valence-corrected chi connectivity index (χ2v) is 8.97. The Bertz CT molecular complexity index is 622. The molecular formula is C13H20N2O3S2. The molecule has 1 aliphatic carbocycles. The fourth-order valence-corrected chi connectivity index (χ4v) is 4.20. The molecule has 1 amide bonds. The largest absolute Gasteiger partial charge is 0.337 e. The highest BCUT2D eigenvalue weighted by molar-refractivity contribution is 7.92. The van der Waals surface area contributed by atoms with E-state index >= 15 is 0 Å². The lowest BCUT2D eigenvalue weighted by molar-refractivity contribution is -0.131. The smallest absolute Gasteiger partial charge is 0.240 e. The molecule has 1 aromatic heterocycles. The van der Waals surface area contributed by atoms with Crippen LogP contribution in [0.5, 0.6) is 0 Å². The van der Waals surface area contributed by atoms with Crippen molar-refractivity contribution < 1.29 is 13.2 Å². The summed E-state index contributed by atoms with van der Waals surface area (Å²) >= 11 is 1.61. The highest BCUT2D eigenvalue weighted by atomic mass is 32.2. The van der Waals surface area contributed by atoms with Crippen LogP contribution in [0.3, 0.4) is 0 Å². The zero-order valence-corrected chi connectivity index (χ0v) is 13.8. The molecule has 0 radical (unpaired) electrons. The van der Waals surface area contributed by atoms with E-state index in [1.165, 1.54) is 6.92 Å². The predicted octanol–water partition coefficient (Wildman–Crippen LogP) is 1.72. The zero-order chi connectivity index (χ0) is 15.1. The van der Waals surface area contributed by atoms with Crippen LogP contribution in [0.2, 0.25) is 0 Å². The molecule has 0 aromatic carbocycles. The summed E-state index contributed by atoms with van der Waals surface area (Å²) in [5.41, 5.74) is 1.07. The number of nitrogens with zero attached hydrogens (tertiary/aromatic N) is 2. The van der Waals surface area contributed by atoms with Crippen LogP contribution in [-0.4, -0.2) is 42.8 Å². The molecule has 20 heavy (non-hydrogen) atoms. The van der Waals surface area contributed by atoms with Gasteiger partial charge < -0.3 is 4.90 Å². The summed E-state index contributed by atoms with van der Waals surface area (Å²) in [6.45, 7) is 3.41. The second kappa shape index (κ2) is 5.44. The van der Waals surface area contributed by atoms with Gasteiger partial charge in [-0.1, -0.05) is 0 Å². The molecule has 0 aliphatic heterocycles. The molecular weight excluding hydrogens is 296 g/mol. The zero-order valence-electron chi connectivity index (χ0n) is 12.2. The van der Waals surface area contributed by atoms with E-state index in [0.717, 1.165) is 41.1 Å². The molecule has 2 rings (SSSR count). The van der Waals surface area contributed by atoms with Gasteiger partial charge in [0.25, 0.3) is 0 Å². The van der Waals surface area contributed by atoms with Gasteiger partial charge in [0.1, 0.15) is 5.25 Å². The molecule has 0 saturated heterocycles. The van der Waals surface area contributed by atoms with E-state index in [9.17, 15) is 13.2 Å². The van der Waals surface area contributed by atoms with E-state index in [0.29, 0.717) is 0 Å². The molecule has 0 unspecified atom stereocenters. The molecule has 0 spiro atoms. The number of hydrogen-bond acceptors (Lipinski definition) is 5. The van der Waals surface area contributed by atoms with E-state index in [1.807, 2.05) is 6.92 Å². The Morgan fingerprint density at radius 2 is 2.15 bits per heavy atom. The minimum absolute atomic E-state index is 0.0401. The minimum atomic E-state index is -3.36. The van der Waals surface area contributed by atoms with Gasteiger partial charge in [-0.2, -0.15) is 0 Å². The van der Waals surface area contributed by atoms with Crippen LogP contribution in [0.1, 0.15) is 41.4 Å². The molecule has 1 aromatic rings. The molecule has 2 atom stereocenters. The van der Waals surface area contributed by atoms with Gasteiger partial charge in [-0.05, 0) is 33.1 Å². The maximum absolute atomic E-state index is 12.3. The number of carbonyl (C=O) groups is 1. The first-order valence-corrected chi connectivity index (χ1v) is 9.40. The summed E-state index contributed by atoms with van der Waals surface area (Å²) in [6, 6.07) is -0.0401. The lowest BCUT2D eigenvalue weighted by atomic mass is 9.97. The summed E-state index contributed by atoms with van der Waals surface area (Å²) in [5, 5.41) is 0.00538. The van der Waals surface area contributed by atoms with Crippen LogP contribution < -0.4 is 0 Å². The average Bonchev–Trinajstić information content (AvgIpc) is 2.74. The first-order chi connectivity index (χ1) is 9.21. The van der Waals surface area contributed by atoms with E-state index in [2.05, 4.69) is 4.98 Å². The quantitative estimate of drug-likeness (QED) is 0.851. The highest BCUT2D eigenvalue weighted by Crippen LogP contribution is 2.37. The molecule has 0 saturated carbocycles. The molecule has 0 bridgehead atoms. The maximum atomic E-state index is 12.3. The Morgan fingerprint density at radius 3 is 2.75 bits per heavy atom. The number of aryl methyl sites for hydroxylation is 2. The Hall–Kier alpha value is -0.950. The predicted molar refractivity (Wildman–Crippen MR) is 79.6 cm³/mol. The molecule has 5 nitrogen and oxygen atoms in total. The van der Waals surface area contributed by atoms with Crippen LogP contribution >= 0.6 is 11.3 Å². The number of fused-ring (bicyclic) bond motifs is 1. The number of sulfone groups is 1. The van der Waals surface area contributed by atoms with Gasteiger partial charge >= 0.3 is 0 Å². The number of rotatable bonds is 3. The summed E-state index contributed by atoms with van der Waals surface area (Å²) in [5.74, 6) is -0.337. The van der Waals surface area contributed by atoms with Crippen molar-refractivity contribution in [1.82, 2.24) is 9.88 Å². The van der Waals surface area contributed by atoms with E-state index in [1.54, 1.807) is 23.3 Å². The monoisotopic (exact) mass is 316 g/mol. The van der Waals surface area contributed by atoms with Gasteiger partial charge in [-0.15, -0.1) is 11.3 Å². The highest BCUT2D eigenvalue weighted by Gasteiger charge is 2.34. The van der Waals surface area contributed by atoms with Crippen molar-refractivity contribution in [3.63, 3.8) is 0 Å². The van der Waals surface area contributed by atoms with Crippen LogP contribution in [0.25, 0.3) is 0 Å². The van der Waals surface area contributed by atoms with Crippen molar-refractivity contribution in [2.24, 2.45) is 0 Å². The molecule has 1 aliphatic rings. The Morgan fingerprint density at radius 1 is 1.50 bits per heavy atom. The van der Waals surface area contributed by atoms with Crippen molar-refractivity contribution in [1.29, 1.82) is 0 Å². The summed E-state index contributed by atoms with van der Waals surface area (Å²) in [6.07, 6.45) is 3.89. The molecule has 0 fully saturated rings. The van der Waals surface area contributed by atoms with Gasteiger partial charge in [-0.25, -0.2) is 13.4 Å². The van der Waals surface area contributed by atoms with Gasteiger partial charge in [-0.3, -0.25) is 4.79 Å². The van der Waals surface area contributed by atoms with Gasteiger partial charge in [0.15, 0.2) is 9.84 Å². The third-order valence-electron chi connectivity index (χ3n) is 3.83. The van der Waals surface area contributed by atoms with Gasteiger partial charge in [0.05, 0.1) is 21.6 Å². The van der Waals surface area contributed by atoms with Crippen molar-refractivity contribution in [3.05, 3.63) is 15.6 Å². The van der Waals surface area contributed by atoms with E-state index in [-0.39, 0.29) is 11.9 Å². The average molecular weight is 316 g/mol. The van der Waals surface area contributed by atoms with Gasteiger partial charge in [0, 0.05) is 13.3 Å². The fourth-order valence-electron chi connectivity index (χ4n) is 2.51. The number of carbonyl (C=O) groups excluding carboxylic acids is 1. The van der Waals surface area contributed by atoms with Gasteiger partial charge in [0.2, 0.25) is 5.91 Å². The number of thiazole rings is 1. The van der Waals surface area contributed by atoms with Crippen LogP contribution in [-0.2, 0) is 21.1 Å². The van der Waals surface area contributed by atoms with E-state index < -0.39 is 15.1 Å². The minimum Gasteiger partial charge on any atom is -0.337 e. The summed E-state index contributed by atoms with van der Waals surface area (Å²) in [7, 11) is -1.67. The maximum Gasteiger partial charge on any atom is 0.240 e. The van der Waals surface area contributed by atoms with Crippen LogP contribution in [0, 0.1) is 6.92 Å². The third-order valence-corrected chi connectivity index (χ3v) is 6.43. The topological polar surface area (TPSA) is 67.3 Å². The van der Waals surface area contributed by atoms with E-state index in [4.69, 9.17) is 0 Å². The number of hydrogen-bond donors (Lipinski definition) is 0. The molecule has 1 heterocycles. The van der Waals surface area contributed by atoms with Crippen molar-refractivity contribution >= 4 is 27.1 Å². The lowest BCUT2D eigenvalue weighted by Crippen LogP contribution is -2.41. The first kappa shape index (κ1) is 15.4. The fraction of sp³-hybridized carbons (Fsp3) is 0.692. The third kappa shape index (κ3) is 2.88. The molecule has 7 heteroatoms.